The van der Waals surface area contributed by atoms with Gasteiger partial charge in [-0.05, 0) is 38.0 Å². The van der Waals surface area contributed by atoms with E-state index in [1.807, 2.05) is 24.4 Å². The van der Waals surface area contributed by atoms with E-state index >= 15 is 0 Å². The molecule has 7 nitrogen and oxygen atoms in total. The van der Waals surface area contributed by atoms with Crippen molar-refractivity contribution < 1.29 is 9.53 Å². The second-order valence-electron chi connectivity index (χ2n) is 7.44. The molecule has 31 heavy (non-hydrogen) atoms. The Morgan fingerprint density at radius 1 is 1.35 bits per heavy atom. The van der Waals surface area contributed by atoms with Gasteiger partial charge in [-0.15, -0.1) is 17.3 Å². The lowest BCUT2D eigenvalue weighted by Crippen LogP contribution is -2.24. The maximum atomic E-state index is 11.7. The summed E-state index contributed by atoms with van der Waals surface area (Å²) in [6.07, 6.45) is 9.22. The van der Waals surface area contributed by atoms with E-state index in [2.05, 4.69) is 32.3 Å². The summed E-state index contributed by atoms with van der Waals surface area (Å²) in [7, 11) is 0. The quantitative estimate of drug-likeness (QED) is 0.538. The Labute approximate surface area is 185 Å². The van der Waals surface area contributed by atoms with Crippen molar-refractivity contribution in [2.75, 3.05) is 6.61 Å². The molecular formula is C23H25N5O2S. The van der Waals surface area contributed by atoms with Crippen LogP contribution in [0.2, 0.25) is 0 Å². The predicted molar refractivity (Wildman–Crippen MR) is 120 cm³/mol. The fourth-order valence-corrected chi connectivity index (χ4v) is 4.84. The van der Waals surface area contributed by atoms with Gasteiger partial charge in [0.2, 0.25) is 0 Å². The van der Waals surface area contributed by atoms with E-state index in [1.165, 1.54) is 19.3 Å². The van der Waals surface area contributed by atoms with E-state index in [0.29, 0.717) is 12.5 Å². The van der Waals surface area contributed by atoms with E-state index in [9.17, 15) is 4.79 Å². The minimum absolute atomic E-state index is 0.0826. The van der Waals surface area contributed by atoms with Crippen LogP contribution in [0.15, 0.2) is 30.6 Å². The first-order valence-corrected chi connectivity index (χ1v) is 11.3. The van der Waals surface area contributed by atoms with Crippen LogP contribution in [0.1, 0.15) is 56.3 Å². The first kappa shape index (κ1) is 21.1. The third kappa shape index (κ3) is 5.30. The van der Waals surface area contributed by atoms with Crippen molar-refractivity contribution in [1.82, 2.24) is 25.5 Å². The molecule has 0 atom stereocenters. The zero-order chi connectivity index (χ0) is 21.5. The highest BCUT2D eigenvalue weighted by Crippen LogP contribution is 2.42. The van der Waals surface area contributed by atoms with E-state index < -0.39 is 6.09 Å². The minimum atomic E-state index is -0.501. The second-order valence-corrected chi connectivity index (χ2v) is 8.44. The molecule has 0 spiro atoms. The molecule has 1 amide bonds. The zero-order valence-corrected chi connectivity index (χ0v) is 18.3. The molecule has 1 aliphatic rings. The maximum Gasteiger partial charge on any atom is 0.408 e. The van der Waals surface area contributed by atoms with E-state index in [4.69, 9.17) is 9.72 Å². The number of aromatic nitrogens is 4. The number of nitrogens with zero attached hydrogens (tertiary/aromatic N) is 3. The van der Waals surface area contributed by atoms with Gasteiger partial charge in [-0.3, -0.25) is 10.1 Å². The topological polar surface area (TPSA) is 92.8 Å². The van der Waals surface area contributed by atoms with E-state index in [-0.39, 0.29) is 6.61 Å². The van der Waals surface area contributed by atoms with Crippen molar-refractivity contribution >= 4 is 17.4 Å². The summed E-state index contributed by atoms with van der Waals surface area (Å²) in [5, 5.41) is 11.2. The van der Waals surface area contributed by atoms with Gasteiger partial charge in [-0.25, -0.2) is 9.78 Å². The standard InChI is InChI=1S/C23H25N5O2S/c1-2-3-12-30-23(29)25-15-18-13-19(28-27-18)21-20(16-8-5-4-6-9-16)26-22(31-21)17-10-7-11-24-14-17/h7,10-11,13-14,16H,4-6,8-9,12,15H2,1H3,(H,25,29)(H,27,28). The summed E-state index contributed by atoms with van der Waals surface area (Å²) < 4.78 is 4.97. The van der Waals surface area contributed by atoms with Crippen LogP contribution in [0, 0.1) is 11.8 Å². The summed E-state index contributed by atoms with van der Waals surface area (Å²) in [5.41, 5.74) is 3.81. The highest BCUT2D eigenvalue weighted by Gasteiger charge is 2.25. The molecule has 3 aromatic rings. The summed E-state index contributed by atoms with van der Waals surface area (Å²) in [4.78, 5) is 22.1. The number of nitrogens with one attached hydrogen (secondary N) is 2. The van der Waals surface area contributed by atoms with Crippen molar-refractivity contribution in [2.24, 2.45) is 0 Å². The van der Waals surface area contributed by atoms with Crippen LogP contribution in [0.5, 0.6) is 0 Å². The van der Waals surface area contributed by atoms with Crippen molar-refractivity contribution in [1.29, 1.82) is 0 Å². The van der Waals surface area contributed by atoms with Crippen molar-refractivity contribution in [3.8, 4) is 33.0 Å². The number of carbonyl (C=O) groups excluding carboxylic acids is 1. The van der Waals surface area contributed by atoms with Gasteiger partial charge in [0, 0.05) is 23.9 Å². The molecule has 160 valence electrons. The first-order chi connectivity index (χ1) is 15.2. The van der Waals surface area contributed by atoms with Crippen LogP contribution in [0.4, 0.5) is 4.79 Å². The van der Waals surface area contributed by atoms with Crippen LogP contribution in [0.25, 0.3) is 21.1 Å². The smallest absolute Gasteiger partial charge is 0.408 e. The van der Waals surface area contributed by atoms with Gasteiger partial charge in [0.1, 0.15) is 10.7 Å². The number of alkyl carbamates (subject to hydrolysis) is 1. The lowest BCUT2D eigenvalue weighted by molar-refractivity contribution is 0.159. The Morgan fingerprint density at radius 2 is 2.23 bits per heavy atom. The van der Waals surface area contributed by atoms with E-state index in [1.54, 1.807) is 24.5 Å². The number of H-pyrrole nitrogens is 1. The molecule has 1 aliphatic carbocycles. The Balaban J connectivity index is 1.54. The number of aromatic amines is 1. The van der Waals surface area contributed by atoms with Gasteiger partial charge in [-0.1, -0.05) is 25.2 Å². The van der Waals surface area contributed by atoms with Gasteiger partial charge in [0.15, 0.2) is 6.61 Å². The molecule has 0 aliphatic heterocycles. The molecular weight excluding hydrogens is 410 g/mol. The number of carbonyl (C=O) groups is 1. The molecule has 0 unspecified atom stereocenters. The molecule has 0 radical (unpaired) electrons. The summed E-state index contributed by atoms with van der Waals surface area (Å²) >= 11 is 1.65. The molecule has 2 N–H and O–H groups in total. The van der Waals surface area contributed by atoms with Crippen molar-refractivity contribution in [2.45, 2.75) is 51.5 Å². The molecule has 0 saturated heterocycles. The minimum Gasteiger partial charge on any atom is -0.436 e. The molecule has 0 aromatic carbocycles. The van der Waals surface area contributed by atoms with Gasteiger partial charge in [-0.2, -0.15) is 5.10 Å². The SMILES string of the molecule is CC#CCOC(=O)NCc1cc(-c2sc(-c3cccnc3)nc2C2CCCCC2)n[nH]1. The number of hydrogen-bond acceptors (Lipinski definition) is 6. The van der Waals surface area contributed by atoms with Gasteiger partial charge >= 0.3 is 6.09 Å². The highest BCUT2D eigenvalue weighted by atomic mass is 32.1. The first-order valence-electron chi connectivity index (χ1n) is 10.5. The molecule has 1 saturated carbocycles. The third-order valence-corrected chi connectivity index (χ3v) is 6.44. The Bertz CT molecular complexity index is 1070. The Kier molecular flexibility index (Phi) is 6.95. The fourth-order valence-electron chi connectivity index (χ4n) is 3.74. The highest BCUT2D eigenvalue weighted by molar-refractivity contribution is 7.18. The normalized spacial score (nSPS) is 14.0. The lowest BCUT2D eigenvalue weighted by atomic mass is 9.86. The van der Waals surface area contributed by atoms with Crippen molar-refractivity contribution in [3.63, 3.8) is 0 Å². The van der Waals surface area contributed by atoms with Gasteiger partial charge in [0.05, 0.1) is 22.8 Å². The molecule has 3 heterocycles. The molecule has 4 rings (SSSR count). The maximum absolute atomic E-state index is 11.7. The summed E-state index contributed by atoms with van der Waals surface area (Å²) in [6.45, 7) is 2.09. The molecule has 0 bridgehead atoms. The van der Waals surface area contributed by atoms with Crippen LogP contribution in [-0.2, 0) is 11.3 Å². The zero-order valence-electron chi connectivity index (χ0n) is 17.5. The number of pyridine rings is 1. The average Bonchev–Trinajstić information content (AvgIpc) is 3.46. The number of ether oxygens (including phenoxy) is 1. The van der Waals surface area contributed by atoms with Gasteiger partial charge in [0.25, 0.3) is 0 Å². The largest absolute Gasteiger partial charge is 0.436 e. The van der Waals surface area contributed by atoms with Crippen LogP contribution < -0.4 is 5.32 Å². The average molecular weight is 436 g/mol. The number of hydrogen-bond donors (Lipinski definition) is 2. The van der Waals surface area contributed by atoms with Crippen molar-refractivity contribution in [3.05, 3.63) is 42.0 Å². The van der Waals surface area contributed by atoms with Crippen LogP contribution >= 0.6 is 11.3 Å². The molecule has 1 fully saturated rings. The molecule has 8 heteroatoms. The fraction of sp³-hybridized carbons (Fsp3) is 0.391. The van der Waals surface area contributed by atoms with Crippen LogP contribution in [-0.4, -0.2) is 32.9 Å². The monoisotopic (exact) mass is 435 g/mol. The number of rotatable bonds is 6. The van der Waals surface area contributed by atoms with E-state index in [0.717, 1.165) is 45.4 Å². The number of thiazole rings is 1. The number of amides is 1. The molecule has 3 aromatic heterocycles. The Hall–Kier alpha value is -3.18. The van der Waals surface area contributed by atoms with Crippen LogP contribution in [0.3, 0.4) is 0 Å². The third-order valence-electron chi connectivity index (χ3n) is 5.29. The lowest BCUT2D eigenvalue weighted by Gasteiger charge is -2.20. The summed E-state index contributed by atoms with van der Waals surface area (Å²) in [5.74, 6) is 5.83. The second kappa shape index (κ2) is 10.2. The summed E-state index contributed by atoms with van der Waals surface area (Å²) in [6, 6.07) is 5.94. The predicted octanol–water partition coefficient (Wildman–Crippen LogP) is 4.89. The Morgan fingerprint density at radius 3 is 3.00 bits per heavy atom. The van der Waals surface area contributed by atoms with Gasteiger partial charge < -0.3 is 10.1 Å².